The number of likely N-dealkylation sites (tertiary alicyclic amines) is 1. The van der Waals surface area contributed by atoms with Crippen LogP contribution in [-0.2, 0) is 6.42 Å². The Labute approximate surface area is 186 Å². The first-order valence-corrected chi connectivity index (χ1v) is 11.4. The van der Waals surface area contributed by atoms with Crippen molar-refractivity contribution >= 4 is 10.8 Å². The molecule has 0 spiro atoms. The summed E-state index contributed by atoms with van der Waals surface area (Å²) in [5.74, 6) is 0. The van der Waals surface area contributed by atoms with Gasteiger partial charge in [-0.2, -0.15) is 5.26 Å². The quantitative estimate of drug-likeness (QED) is 0.510. The molecular weight excluding hydrogens is 378 g/mol. The Morgan fingerprint density at radius 1 is 0.968 bits per heavy atom. The molecule has 4 rings (SSSR count). The van der Waals surface area contributed by atoms with Crippen LogP contribution in [0.2, 0.25) is 0 Å². The molecule has 0 aliphatic carbocycles. The van der Waals surface area contributed by atoms with E-state index >= 15 is 0 Å². The fraction of sp³-hybridized carbons (Fsp3) is 0.393. The highest BCUT2D eigenvalue weighted by atomic mass is 15.4. The van der Waals surface area contributed by atoms with E-state index in [9.17, 15) is 0 Å². The number of hydrogen-bond donors (Lipinski definition) is 0. The van der Waals surface area contributed by atoms with Crippen molar-refractivity contribution in [1.82, 2.24) is 9.80 Å². The summed E-state index contributed by atoms with van der Waals surface area (Å²) >= 11 is 0. The van der Waals surface area contributed by atoms with Gasteiger partial charge in [-0.25, -0.2) is 0 Å². The van der Waals surface area contributed by atoms with E-state index in [1.54, 1.807) is 0 Å². The topological polar surface area (TPSA) is 30.3 Å². The Morgan fingerprint density at radius 2 is 1.65 bits per heavy atom. The summed E-state index contributed by atoms with van der Waals surface area (Å²) in [5.41, 5.74) is 4.64. The van der Waals surface area contributed by atoms with Crippen LogP contribution in [-0.4, -0.2) is 41.6 Å². The standard InChI is InChI=1S/C28H33N3/c1-28(2,3)30(4)27-6-5-16-31(27)17-15-21-7-12-26-19-25(14-13-24(26)18-21)23-10-8-22(20-29)9-11-23/h7-14,18-19,27H,5-6,15-17H2,1-4H3. The maximum atomic E-state index is 9.00. The molecule has 3 aromatic rings. The van der Waals surface area contributed by atoms with Crippen molar-refractivity contribution in [2.24, 2.45) is 0 Å². The van der Waals surface area contributed by atoms with Gasteiger partial charge in [0.2, 0.25) is 0 Å². The summed E-state index contributed by atoms with van der Waals surface area (Å²) in [5, 5.41) is 11.6. The molecule has 1 saturated heterocycles. The van der Waals surface area contributed by atoms with E-state index in [1.807, 2.05) is 24.3 Å². The van der Waals surface area contributed by atoms with Crippen LogP contribution >= 0.6 is 0 Å². The van der Waals surface area contributed by atoms with Crippen LogP contribution in [0.25, 0.3) is 21.9 Å². The third kappa shape index (κ3) is 4.82. The Kier molecular flexibility index (Phi) is 6.14. The molecule has 160 valence electrons. The predicted molar refractivity (Wildman–Crippen MR) is 130 cm³/mol. The van der Waals surface area contributed by atoms with Gasteiger partial charge in [-0.1, -0.05) is 42.5 Å². The fourth-order valence-corrected chi connectivity index (χ4v) is 4.60. The molecule has 0 amide bonds. The molecule has 0 N–H and O–H groups in total. The molecule has 0 bridgehead atoms. The number of benzene rings is 3. The first kappa shape index (κ1) is 21.6. The summed E-state index contributed by atoms with van der Waals surface area (Å²) in [6, 6.07) is 23.5. The fourth-order valence-electron chi connectivity index (χ4n) is 4.60. The van der Waals surface area contributed by atoms with Crippen molar-refractivity contribution in [1.29, 1.82) is 5.26 Å². The SMILES string of the molecule is CN(C1CCCN1CCc1ccc2cc(-c3ccc(C#N)cc3)ccc2c1)C(C)(C)C. The normalized spacial score (nSPS) is 17.4. The van der Waals surface area contributed by atoms with Crippen molar-refractivity contribution < 1.29 is 0 Å². The van der Waals surface area contributed by atoms with E-state index in [4.69, 9.17) is 5.26 Å². The summed E-state index contributed by atoms with van der Waals surface area (Å²) in [6.45, 7) is 9.23. The minimum absolute atomic E-state index is 0.197. The van der Waals surface area contributed by atoms with Crippen molar-refractivity contribution in [3.8, 4) is 17.2 Å². The first-order chi connectivity index (χ1) is 14.8. The molecule has 1 atom stereocenters. The van der Waals surface area contributed by atoms with Crippen LogP contribution in [0.15, 0.2) is 60.7 Å². The second kappa shape index (κ2) is 8.83. The smallest absolute Gasteiger partial charge is 0.0991 e. The Hall–Kier alpha value is -2.67. The maximum absolute atomic E-state index is 9.00. The predicted octanol–water partition coefficient (Wildman–Crippen LogP) is 6.07. The van der Waals surface area contributed by atoms with E-state index < -0.39 is 0 Å². The number of rotatable bonds is 5. The molecule has 1 fully saturated rings. The van der Waals surface area contributed by atoms with Gasteiger partial charge in [0.1, 0.15) is 0 Å². The second-order valence-electron chi connectivity index (χ2n) is 9.78. The van der Waals surface area contributed by atoms with E-state index in [0.29, 0.717) is 11.7 Å². The molecule has 31 heavy (non-hydrogen) atoms. The van der Waals surface area contributed by atoms with E-state index in [-0.39, 0.29) is 5.54 Å². The summed E-state index contributed by atoms with van der Waals surface area (Å²) in [6.07, 6.45) is 4.20. The maximum Gasteiger partial charge on any atom is 0.0991 e. The lowest BCUT2D eigenvalue weighted by Crippen LogP contribution is -2.51. The number of fused-ring (bicyclic) bond motifs is 1. The molecule has 1 heterocycles. The minimum Gasteiger partial charge on any atom is -0.288 e. The third-order valence-electron chi connectivity index (χ3n) is 6.77. The summed E-state index contributed by atoms with van der Waals surface area (Å²) in [7, 11) is 2.27. The summed E-state index contributed by atoms with van der Waals surface area (Å²) in [4.78, 5) is 5.19. The highest BCUT2D eigenvalue weighted by Gasteiger charge is 2.32. The van der Waals surface area contributed by atoms with Crippen LogP contribution in [0, 0.1) is 11.3 Å². The Balaban J connectivity index is 1.46. The van der Waals surface area contributed by atoms with Gasteiger partial charge in [0.25, 0.3) is 0 Å². The minimum atomic E-state index is 0.197. The van der Waals surface area contributed by atoms with Gasteiger partial charge in [-0.15, -0.1) is 0 Å². The van der Waals surface area contributed by atoms with E-state index in [2.05, 4.69) is 80.1 Å². The number of nitrogens with zero attached hydrogens (tertiary/aromatic N) is 3. The van der Waals surface area contributed by atoms with Crippen molar-refractivity contribution in [3.05, 3.63) is 71.8 Å². The van der Waals surface area contributed by atoms with E-state index in [1.165, 1.54) is 41.3 Å². The van der Waals surface area contributed by atoms with Gasteiger partial charge in [0.15, 0.2) is 0 Å². The highest BCUT2D eigenvalue weighted by molar-refractivity contribution is 5.87. The lowest BCUT2D eigenvalue weighted by Gasteiger charge is -2.41. The average molecular weight is 412 g/mol. The van der Waals surface area contributed by atoms with Gasteiger partial charge < -0.3 is 0 Å². The number of hydrogen-bond acceptors (Lipinski definition) is 3. The van der Waals surface area contributed by atoms with Crippen LogP contribution in [0.5, 0.6) is 0 Å². The molecule has 1 aliphatic rings. The zero-order valence-electron chi connectivity index (χ0n) is 19.2. The van der Waals surface area contributed by atoms with Gasteiger partial charge >= 0.3 is 0 Å². The zero-order chi connectivity index (χ0) is 22.0. The molecule has 0 saturated carbocycles. The van der Waals surface area contributed by atoms with Crippen LogP contribution in [0.3, 0.4) is 0 Å². The van der Waals surface area contributed by atoms with Gasteiger partial charge in [-0.05, 0) is 99.3 Å². The lowest BCUT2D eigenvalue weighted by atomic mass is 9.98. The molecule has 0 radical (unpaired) electrons. The van der Waals surface area contributed by atoms with Crippen LogP contribution in [0.4, 0.5) is 0 Å². The Morgan fingerprint density at radius 3 is 2.35 bits per heavy atom. The highest BCUT2D eigenvalue weighted by Crippen LogP contribution is 2.28. The van der Waals surface area contributed by atoms with Gasteiger partial charge in [0, 0.05) is 12.1 Å². The molecule has 3 heteroatoms. The van der Waals surface area contributed by atoms with Crippen molar-refractivity contribution in [2.75, 3.05) is 20.1 Å². The monoisotopic (exact) mass is 411 g/mol. The molecule has 0 aromatic heterocycles. The van der Waals surface area contributed by atoms with Crippen LogP contribution < -0.4 is 0 Å². The van der Waals surface area contributed by atoms with Crippen LogP contribution in [0.1, 0.15) is 44.7 Å². The Bertz CT molecular complexity index is 1090. The third-order valence-corrected chi connectivity index (χ3v) is 6.77. The molecular formula is C28H33N3. The van der Waals surface area contributed by atoms with Gasteiger partial charge in [0.05, 0.1) is 17.8 Å². The lowest BCUT2D eigenvalue weighted by molar-refractivity contribution is 0.0304. The molecule has 1 aliphatic heterocycles. The molecule has 1 unspecified atom stereocenters. The zero-order valence-corrected chi connectivity index (χ0v) is 19.2. The molecule has 3 aromatic carbocycles. The first-order valence-electron chi connectivity index (χ1n) is 11.4. The van der Waals surface area contributed by atoms with Gasteiger partial charge in [-0.3, -0.25) is 9.80 Å². The number of nitriles is 1. The molecule has 3 nitrogen and oxygen atoms in total. The van der Waals surface area contributed by atoms with Crippen molar-refractivity contribution in [3.63, 3.8) is 0 Å². The second-order valence-corrected chi connectivity index (χ2v) is 9.78. The summed E-state index contributed by atoms with van der Waals surface area (Å²) < 4.78 is 0. The van der Waals surface area contributed by atoms with E-state index in [0.717, 1.165) is 18.5 Å². The average Bonchev–Trinajstić information content (AvgIpc) is 3.24. The largest absolute Gasteiger partial charge is 0.288 e. The van der Waals surface area contributed by atoms with Crippen molar-refractivity contribution in [2.45, 2.75) is 51.7 Å².